The van der Waals surface area contributed by atoms with Crippen molar-refractivity contribution in [2.24, 2.45) is 0 Å². The second-order valence-corrected chi connectivity index (χ2v) is 8.69. The van der Waals surface area contributed by atoms with Gasteiger partial charge in [-0.1, -0.05) is 0 Å². The Hall–Kier alpha value is -2.71. The maximum Gasteiger partial charge on any atom is 0.410 e. The van der Waals surface area contributed by atoms with E-state index in [-0.39, 0.29) is 24.0 Å². The summed E-state index contributed by atoms with van der Waals surface area (Å²) in [6.07, 6.45) is -0.293. The van der Waals surface area contributed by atoms with E-state index in [1.807, 2.05) is 4.90 Å². The molecule has 1 atom stereocenters. The molecule has 3 rings (SSSR count). The van der Waals surface area contributed by atoms with Gasteiger partial charge in [0.15, 0.2) is 0 Å². The van der Waals surface area contributed by atoms with Crippen molar-refractivity contribution in [3.05, 3.63) is 28.8 Å². The number of imide groups is 1. The predicted molar refractivity (Wildman–Crippen MR) is 106 cm³/mol. The molecular formula is C21H27F2N3O4. The van der Waals surface area contributed by atoms with Gasteiger partial charge < -0.3 is 14.5 Å². The molecule has 2 aliphatic heterocycles. The van der Waals surface area contributed by atoms with E-state index in [0.717, 1.165) is 0 Å². The summed E-state index contributed by atoms with van der Waals surface area (Å²) in [5.41, 5.74) is -0.261. The lowest BCUT2D eigenvalue weighted by Crippen LogP contribution is -2.50. The number of nitrogens with one attached hydrogen (secondary N) is 1. The minimum absolute atomic E-state index is 0.0444. The minimum atomic E-state index is -1.03. The molecule has 7 nitrogen and oxygen atoms in total. The van der Waals surface area contributed by atoms with E-state index in [0.29, 0.717) is 31.9 Å². The van der Waals surface area contributed by atoms with Gasteiger partial charge in [-0.15, -0.1) is 0 Å². The third-order valence-corrected chi connectivity index (χ3v) is 5.33. The van der Waals surface area contributed by atoms with Gasteiger partial charge in [0, 0.05) is 49.4 Å². The number of carbonyl (C=O) groups is 3. The molecule has 1 aromatic rings. The molecular weight excluding hydrogens is 396 g/mol. The summed E-state index contributed by atoms with van der Waals surface area (Å²) in [5, 5.41) is 2.14. The van der Waals surface area contributed by atoms with Crippen LogP contribution in [0.5, 0.6) is 0 Å². The number of piperidine rings is 1. The predicted octanol–water partition coefficient (Wildman–Crippen LogP) is 2.85. The fourth-order valence-electron chi connectivity index (χ4n) is 3.80. The van der Waals surface area contributed by atoms with Crippen molar-refractivity contribution in [1.29, 1.82) is 0 Å². The number of amides is 3. The fourth-order valence-corrected chi connectivity index (χ4v) is 3.80. The summed E-state index contributed by atoms with van der Waals surface area (Å²) in [4.78, 5) is 39.0. The zero-order valence-corrected chi connectivity index (χ0v) is 17.7. The molecule has 1 unspecified atom stereocenters. The highest BCUT2D eigenvalue weighted by Crippen LogP contribution is 2.35. The maximum absolute atomic E-state index is 15.1. The summed E-state index contributed by atoms with van der Waals surface area (Å²) in [7, 11) is 0. The number of hydrogen-bond donors (Lipinski definition) is 1. The Morgan fingerprint density at radius 1 is 1.17 bits per heavy atom. The lowest BCUT2D eigenvalue weighted by molar-refractivity contribution is -0.134. The van der Waals surface area contributed by atoms with Crippen molar-refractivity contribution in [2.75, 3.05) is 31.1 Å². The summed E-state index contributed by atoms with van der Waals surface area (Å²) >= 11 is 0. The molecule has 9 heteroatoms. The molecule has 2 heterocycles. The number of hydrogen-bond acceptors (Lipinski definition) is 5. The number of carbonyl (C=O) groups excluding carboxylic acids is 3. The second-order valence-electron chi connectivity index (χ2n) is 8.69. The van der Waals surface area contributed by atoms with Crippen LogP contribution in [0.3, 0.4) is 0 Å². The van der Waals surface area contributed by atoms with E-state index in [9.17, 15) is 18.8 Å². The smallest absolute Gasteiger partial charge is 0.410 e. The Bertz CT molecular complexity index is 874. The summed E-state index contributed by atoms with van der Waals surface area (Å²) in [5.74, 6) is -3.72. The summed E-state index contributed by atoms with van der Waals surface area (Å²) < 4.78 is 35.4. The van der Waals surface area contributed by atoms with Crippen molar-refractivity contribution in [3.8, 4) is 0 Å². The average Bonchev–Trinajstić information content (AvgIpc) is 2.65. The van der Waals surface area contributed by atoms with E-state index in [4.69, 9.17) is 4.74 Å². The zero-order chi connectivity index (χ0) is 22.2. The topological polar surface area (TPSA) is 79.0 Å². The molecule has 1 N–H and O–H groups in total. The Kier molecular flexibility index (Phi) is 6.01. The molecule has 0 aromatic heterocycles. The van der Waals surface area contributed by atoms with E-state index in [1.165, 1.54) is 6.07 Å². The molecule has 2 aliphatic rings. The molecule has 0 aliphatic carbocycles. The van der Waals surface area contributed by atoms with Crippen LogP contribution < -0.4 is 10.2 Å². The highest BCUT2D eigenvalue weighted by Gasteiger charge is 2.34. The summed E-state index contributed by atoms with van der Waals surface area (Å²) in [6, 6.07) is 1.24. The zero-order valence-electron chi connectivity index (χ0n) is 17.7. The lowest BCUT2D eigenvalue weighted by Gasteiger charge is -2.37. The van der Waals surface area contributed by atoms with E-state index in [1.54, 1.807) is 32.6 Å². The molecule has 3 amide bonds. The standard InChI is InChI=1S/C21H27F2N3O4/c1-12-15(25-7-9-26(10-8-25)20(29)30-21(2,3)4)11-14(22)17(18(12)23)13-5-6-16(27)24-19(13)28/h11,13H,5-10H2,1-4H3,(H,24,27,28). The normalized spacial score (nSPS) is 20.3. The number of anilines is 1. The molecule has 0 radical (unpaired) electrons. The van der Waals surface area contributed by atoms with Crippen molar-refractivity contribution in [3.63, 3.8) is 0 Å². The molecule has 2 fully saturated rings. The number of ether oxygens (including phenoxy) is 1. The first-order valence-electron chi connectivity index (χ1n) is 10.0. The van der Waals surface area contributed by atoms with Gasteiger partial charge in [-0.25, -0.2) is 13.6 Å². The van der Waals surface area contributed by atoms with E-state index in [2.05, 4.69) is 5.32 Å². The highest BCUT2D eigenvalue weighted by molar-refractivity contribution is 6.01. The number of benzene rings is 1. The van der Waals surface area contributed by atoms with Crippen LogP contribution in [0.1, 0.15) is 50.7 Å². The van der Waals surface area contributed by atoms with Gasteiger partial charge in [0.2, 0.25) is 11.8 Å². The largest absolute Gasteiger partial charge is 0.444 e. The third kappa shape index (κ3) is 4.55. The van der Waals surface area contributed by atoms with Gasteiger partial charge in [-0.2, -0.15) is 0 Å². The van der Waals surface area contributed by atoms with Gasteiger partial charge in [-0.3, -0.25) is 14.9 Å². The van der Waals surface area contributed by atoms with Crippen LogP contribution in [0, 0.1) is 18.6 Å². The first kappa shape index (κ1) is 22.0. The third-order valence-electron chi connectivity index (χ3n) is 5.33. The highest BCUT2D eigenvalue weighted by atomic mass is 19.1. The van der Waals surface area contributed by atoms with Crippen molar-refractivity contribution in [1.82, 2.24) is 10.2 Å². The second kappa shape index (κ2) is 8.20. The molecule has 164 valence electrons. The molecule has 1 aromatic carbocycles. The van der Waals surface area contributed by atoms with Gasteiger partial charge in [0.05, 0.1) is 5.92 Å². The van der Waals surface area contributed by atoms with Crippen LogP contribution in [-0.4, -0.2) is 54.6 Å². The van der Waals surface area contributed by atoms with Crippen LogP contribution in [0.4, 0.5) is 19.3 Å². The van der Waals surface area contributed by atoms with Crippen LogP contribution in [-0.2, 0) is 14.3 Å². The lowest BCUT2D eigenvalue weighted by atomic mass is 9.88. The quantitative estimate of drug-likeness (QED) is 0.740. The van der Waals surface area contributed by atoms with E-state index >= 15 is 4.39 Å². The molecule has 0 saturated carbocycles. The Morgan fingerprint density at radius 2 is 1.80 bits per heavy atom. The van der Waals surface area contributed by atoms with Crippen molar-refractivity contribution in [2.45, 2.75) is 52.1 Å². The van der Waals surface area contributed by atoms with Crippen LogP contribution in [0.15, 0.2) is 6.07 Å². The fraction of sp³-hybridized carbons (Fsp3) is 0.571. The van der Waals surface area contributed by atoms with Gasteiger partial charge in [0.1, 0.15) is 17.2 Å². The van der Waals surface area contributed by atoms with Crippen LogP contribution >= 0.6 is 0 Å². The molecule has 0 spiro atoms. The molecule has 2 saturated heterocycles. The van der Waals surface area contributed by atoms with Crippen LogP contribution in [0.2, 0.25) is 0 Å². The Morgan fingerprint density at radius 3 is 2.37 bits per heavy atom. The minimum Gasteiger partial charge on any atom is -0.444 e. The SMILES string of the molecule is Cc1c(N2CCN(C(=O)OC(C)(C)C)CC2)cc(F)c(C2CCC(=O)NC2=O)c1F. The first-order chi connectivity index (χ1) is 14.0. The molecule has 30 heavy (non-hydrogen) atoms. The number of rotatable bonds is 2. The monoisotopic (exact) mass is 423 g/mol. The van der Waals surface area contributed by atoms with Gasteiger partial charge >= 0.3 is 6.09 Å². The number of nitrogens with zero attached hydrogens (tertiary/aromatic N) is 2. The maximum atomic E-state index is 15.1. The van der Waals surface area contributed by atoms with Gasteiger partial charge in [0.25, 0.3) is 0 Å². The van der Waals surface area contributed by atoms with Crippen LogP contribution in [0.25, 0.3) is 0 Å². The van der Waals surface area contributed by atoms with Gasteiger partial charge in [-0.05, 0) is 40.2 Å². The number of halogens is 2. The Labute approximate surface area is 174 Å². The average molecular weight is 423 g/mol. The number of piperazine rings is 1. The van der Waals surface area contributed by atoms with E-state index < -0.39 is 41.1 Å². The summed E-state index contributed by atoms with van der Waals surface area (Å²) in [6.45, 7) is 8.45. The molecule has 0 bridgehead atoms. The Balaban J connectivity index is 1.76. The first-order valence-corrected chi connectivity index (χ1v) is 10.0. The van der Waals surface area contributed by atoms with Crippen molar-refractivity contribution < 1.29 is 27.9 Å². The van der Waals surface area contributed by atoms with Crippen molar-refractivity contribution >= 4 is 23.6 Å².